The number of nitrogens with zero attached hydrogens (tertiary/aromatic N) is 2. The van der Waals surface area contributed by atoms with E-state index < -0.39 is 40.1 Å². The molecular formula is C23H16F4N2O2S. The van der Waals surface area contributed by atoms with E-state index in [2.05, 4.69) is 5.10 Å². The van der Waals surface area contributed by atoms with Gasteiger partial charge in [0, 0.05) is 23.3 Å². The van der Waals surface area contributed by atoms with Gasteiger partial charge in [-0.15, -0.1) is 0 Å². The highest BCUT2D eigenvalue weighted by Crippen LogP contribution is 2.45. The van der Waals surface area contributed by atoms with Crippen molar-refractivity contribution in [2.24, 2.45) is 5.10 Å². The van der Waals surface area contributed by atoms with Gasteiger partial charge in [-0.3, -0.25) is 4.79 Å². The zero-order valence-electron chi connectivity index (χ0n) is 16.9. The monoisotopic (exact) mass is 460 g/mol. The van der Waals surface area contributed by atoms with Crippen LogP contribution >= 0.6 is 11.8 Å². The van der Waals surface area contributed by atoms with Crippen LogP contribution in [0.25, 0.3) is 0 Å². The molecule has 0 aliphatic carbocycles. The Bertz CT molecular complexity index is 1210. The number of ether oxygens (including phenoxy) is 1. The number of amides is 1. The Morgan fingerprint density at radius 2 is 1.62 bits per heavy atom. The Hall–Kier alpha value is -3.33. The summed E-state index contributed by atoms with van der Waals surface area (Å²) in [6, 6.07) is 11.6. The van der Waals surface area contributed by atoms with Crippen molar-refractivity contribution in [2.45, 2.75) is 12.3 Å². The number of thioether (sulfide) groups is 1. The number of carbonyl (C=O) groups excluding carboxylic acids is 1. The minimum atomic E-state index is -1.34. The molecule has 1 aliphatic heterocycles. The lowest BCUT2D eigenvalue weighted by molar-refractivity contribution is 0.0738. The fourth-order valence-corrected chi connectivity index (χ4v) is 4.46. The first-order valence-corrected chi connectivity index (χ1v) is 10.3. The summed E-state index contributed by atoms with van der Waals surface area (Å²) in [5.41, 5.74) is 1.04. The fraction of sp³-hybridized carbons (Fsp3) is 0.130. The molecule has 1 aliphatic rings. The van der Waals surface area contributed by atoms with Gasteiger partial charge in [0.15, 0.2) is 0 Å². The van der Waals surface area contributed by atoms with Crippen LogP contribution in [0.3, 0.4) is 0 Å². The third kappa shape index (κ3) is 4.08. The van der Waals surface area contributed by atoms with Crippen LogP contribution in [0.1, 0.15) is 32.4 Å². The fourth-order valence-electron chi connectivity index (χ4n) is 3.28. The molecule has 3 aromatic carbocycles. The van der Waals surface area contributed by atoms with E-state index in [1.165, 1.54) is 31.4 Å². The Morgan fingerprint density at radius 3 is 2.25 bits per heavy atom. The maximum absolute atomic E-state index is 14.4. The van der Waals surface area contributed by atoms with E-state index in [0.717, 1.165) is 22.3 Å². The van der Waals surface area contributed by atoms with Crippen molar-refractivity contribution in [1.82, 2.24) is 5.01 Å². The van der Waals surface area contributed by atoms with Crippen LogP contribution in [0.5, 0.6) is 5.75 Å². The van der Waals surface area contributed by atoms with Crippen LogP contribution in [0.2, 0.25) is 0 Å². The van der Waals surface area contributed by atoms with E-state index in [-0.39, 0.29) is 0 Å². The minimum absolute atomic E-state index is 0.342. The zero-order valence-corrected chi connectivity index (χ0v) is 17.7. The van der Waals surface area contributed by atoms with E-state index >= 15 is 0 Å². The summed E-state index contributed by atoms with van der Waals surface area (Å²) in [7, 11) is 1.46. The number of hydrogen-bond donors (Lipinski definition) is 0. The molecule has 0 aromatic heterocycles. The molecule has 0 spiro atoms. The van der Waals surface area contributed by atoms with Gasteiger partial charge in [0.25, 0.3) is 5.91 Å². The lowest BCUT2D eigenvalue weighted by Gasteiger charge is -2.23. The van der Waals surface area contributed by atoms with Crippen molar-refractivity contribution in [3.8, 4) is 5.75 Å². The number of aryl methyl sites for hydroxylation is 1. The van der Waals surface area contributed by atoms with Crippen molar-refractivity contribution in [2.75, 3.05) is 7.11 Å². The molecule has 4 rings (SSSR count). The maximum atomic E-state index is 14.4. The van der Waals surface area contributed by atoms with Gasteiger partial charge < -0.3 is 4.74 Å². The minimum Gasteiger partial charge on any atom is -0.496 e. The van der Waals surface area contributed by atoms with Crippen molar-refractivity contribution in [3.63, 3.8) is 0 Å². The number of methoxy groups -OCH3 is 1. The number of hydrogen-bond acceptors (Lipinski definition) is 4. The van der Waals surface area contributed by atoms with Gasteiger partial charge in [-0.2, -0.15) is 5.10 Å². The summed E-state index contributed by atoms with van der Waals surface area (Å²) in [4.78, 5) is 13.2. The molecule has 1 amide bonds. The highest BCUT2D eigenvalue weighted by atomic mass is 32.2. The molecule has 3 aromatic rings. The number of rotatable bonds is 4. The molecule has 9 heteroatoms. The number of carbonyl (C=O) groups is 1. The number of halogens is 4. The molecule has 32 heavy (non-hydrogen) atoms. The van der Waals surface area contributed by atoms with Gasteiger partial charge in [0.05, 0.1) is 7.11 Å². The van der Waals surface area contributed by atoms with Gasteiger partial charge in [-0.05, 0) is 42.8 Å². The number of hydrazone groups is 1. The predicted octanol–water partition coefficient (Wildman–Crippen LogP) is 5.81. The lowest BCUT2D eigenvalue weighted by Crippen LogP contribution is -2.28. The van der Waals surface area contributed by atoms with Crippen molar-refractivity contribution < 1.29 is 27.1 Å². The van der Waals surface area contributed by atoms with Crippen LogP contribution in [0.4, 0.5) is 17.6 Å². The van der Waals surface area contributed by atoms with Crippen molar-refractivity contribution in [3.05, 3.63) is 100 Å². The second-order valence-corrected chi connectivity index (χ2v) is 8.09. The standard InChI is InChI=1S/C23H16F4N2O2S/c1-12-3-8-16(19(9-12)31-2)23-29(22(30)20-17(26)10-15(25)11-18(20)27)28-21(32-23)13-4-6-14(24)7-5-13/h3-11,23H,1-2H3. The van der Waals surface area contributed by atoms with E-state index in [1.807, 2.05) is 6.92 Å². The van der Waals surface area contributed by atoms with Gasteiger partial charge in [-0.25, -0.2) is 22.6 Å². The van der Waals surface area contributed by atoms with E-state index in [1.54, 1.807) is 18.2 Å². The molecular weight excluding hydrogens is 444 g/mol. The summed E-state index contributed by atoms with van der Waals surface area (Å²) in [5, 5.41) is 4.72. The molecule has 1 heterocycles. The molecule has 4 nitrogen and oxygen atoms in total. The van der Waals surface area contributed by atoms with Crippen LogP contribution in [0.15, 0.2) is 59.7 Å². The molecule has 0 radical (unpaired) electrons. The van der Waals surface area contributed by atoms with Crippen LogP contribution in [0, 0.1) is 30.2 Å². The SMILES string of the molecule is COc1cc(C)ccc1C1SC(c2ccc(F)cc2)=NN1C(=O)c1c(F)cc(F)cc1F. The summed E-state index contributed by atoms with van der Waals surface area (Å²) >= 11 is 1.14. The van der Waals surface area contributed by atoms with Crippen LogP contribution in [-0.2, 0) is 0 Å². The molecule has 1 atom stereocenters. The van der Waals surface area contributed by atoms with Crippen molar-refractivity contribution in [1.29, 1.82) is 0 Å². The van der Waals surface area contributed by atoms with E-state index in [0.29, 0.717) is 34.1 Å². The first-order chi connectivity index (χ1) is 15.3. The zero-order chi connectivity index (χ0) is 23.0. The summed E-state index contributed by atoms with van der Waals surface area (Å²) in [6.07, 6.45) is 0. The number of benzene rings is 3. The van der Waals surface area contributed by atoms with E-state index in [4.69, 9.17) is 4.74 Å². The quantitative estimate of drug-likeness (QED) is 0.462. The maximum Gasteiger partial charge on any atom is 0.281 e. The second kappa shape index (κ2) is 8.66. The van der Waals surface area contributed by atoms with Gasteiger partial charge in [0.2, 0.25) is 0 Å². The Labute approximate surface area is 185 Å². The third-order valence-electron chi connectivity index (χ3n) is 4.82. The molecule has 0 fully saturated rings. The average Bonchev–Trinajstić information content (AvgIpc) is 3.18. The summed E-state index contributed by atoms with van der Waals surface area (Å²) < 4.78 is 60.9. The molecule has 0 bridgehead atoms. The highest BCUT2D eigenvalue weighted by molar-refractivity contribution is 8.14. The predicted molar refractivity (Wildman–Crippen MR) is 113 cm³/mol. The van der Waals surface area contributed by atoms with Gasteiger partial charge >= 0.3 is 0 Å². The van der Waals surface area contributed by atoms with E-state index in [9.17, 15) is 22.4 Å². The molecule has 164 valence electrons. The molecule has 1 unspecified atom stereocenters. The Balaban J connectivity index is 1.82. The second-order valence-electron chi connectivity index (χ2n) is 7.02. The Morgan fingerprint density at radius 1 is 0.969 bits per heavy atom. The molecule has 0 saturated carbocycles. The summed E-state index contributed by atoms with van der Waals surface area (Å²) in [5.74, 6) is -4.89. The first-order valence-electron chi connectivity index (χ1n) is 9.42. The average molecular weight is 460 g/mol. The van der Waals surface area contributed by atoms with Crippen LogP contribution in [-0.4, -0.2) is 23.1 Å². The summed E-state index contributed by atoms with van der Waals surface area (Å²) in [6.45, 7) is 1.86. The van der Waals surface area contributed by atoms with Gasteiger partial charge in [-0.1, -0.05) is 23.9 Å². The largest absolute Gasteiger partial charge is 0.496 e. The normalized spacial score (nSPS) is 15.6. The van der Waals surface area contributed by atoms with Crippen LogP contribution < -0.4 is 4.74 Å². The topological polar surface area (TPSA) is 41.9 Å². The third-order valence-corrected chi connectivity index (χ3v) is 6.04. The van der Waals surface area contributed by atoms with Crippen molar-refractivity contribution >= 4 is 22.7 Å². The lowest BCUT2D eigenvalue weighted by atomic mass is 10.1. The first kappa shape index (κ1) is 21.9. The molecule has 0 N–H and O–H groups in total. The smallest absolute Gasteiger partial charge is 0.281 e. The Kier molecular flexibility index (Phi) is 5.92. The van der Waals surface area contributed by atoms with Gasteiger partial charge in [0.1, 0.15) is 45.0 Å². The highest BCUT2D eigenvalue weighted by Gasteiger charge is 2.38. The molecule has 0 saturated heterocycles.